The van der Waals surface area contributed by atoms with Gasteiger partial charge in [0.1, 0.15) is 0 Å². The van der Waals surface area contributed by atoms with Crippen molar-refractivity contribution in [3.63, 3.8) is 0 Å². The van der Waals surface area contributed by atoms with Crippen molar-refractivity contribution in [1.29, 1.82) is 0 Å². The van der Waals surface area contributed by atoms with Gasteiger partial charge in [0.25, 0.3) is 0 Å². The van der Waals surface area contributed by atoms with Crippen molar-refractivity contribution in [1.82, 2.24) is 20.2 Å². The van der Waals surface area contributed by atoms with Gasteiger partial charge in [0.15, 0.2) is 5.82 Å². The van der Waals surface area contributed by atoms with Crippen LogP contribution in [0.5, 0.6) is 0 Å². The van der Waals surface area contributed by atoms with E-state index in [1.165, 1.54) is 25.7 Å². The molecule has 0 bridgehead atoms. The summed E-state index contributed by atoms with van der Waals surface area (Å²) in [6, 6.07) is 5.80. The van der Waals surface area contributed by atoms with Crippen LogP contribution in [-0.2, 0) is 0 Å². The summed E-state index contributed by atoms with van der Waals surface area (Å²) in [5.41, 5.74) is 7.54. The molecule has 0 saturated heterocycles. The molecule has 6 heteroatoms. The van der Waals surface area contributed by atoms with Crippen molar-refractivity contribution >= 4 is 17.3 Å². The molecule has 0 spiro atoms. The van der Waals surface area contributed by atoms with E-state index in [0.29, 0.717) is 22.7 Å². The molecular weight excluding hydrogens is 286 g/mol. The minimum absolute atomic E-state index is 0.340. The summed E-state index contributed by atoms with van der Waals surface area (Å²) < 4.78 is 1.95. The van der Waals surface area contributed by atoms with Gasteiger partial charge in [-0.15, -0.1) is 5.10 Å². The third-order valence-corrected chi connectivity index (χ3v) is 4.61. The maximum absolute atomic E-state index is 6.08. The summed E-state index contributed by atoms with van der Waals surface area (Å²) >= 11 is 5.97. The van der Waals surface area contributed by atoms with Gasteiger partial charge in [0, 0.05) is 16.3 Å². The van der Waals surface area contributed by atoms with Crippen molar-refractivity contribution in [2.45, 2.75) is 45.1 Å². The van der Waals surface area contributed by atoms with Gasteiger partial charge in [-0.25, -0.2) is 4.68 Å². The molecule has 3 rings (SSSR count). The Bertz CT molecular complexity index is 624. The van der Waals surface area contributed by atoms with Crippen molar-refractivity contribution in [3.8, 4) is 11.4 Å². The quantitative estimate of drug-likeness (QED) is 0.678. The van der Waals surface area contributed by atoms with Crippen LogP contribution >= 0.6 is 11.6 Å². The molecule has 2 N–H and O–H groups in total. The van der Waals surface area contributed by atoms with Crippen LogP contribution in [0.3, 0.4) is 0 Å². The maximum atomic E-state index is 6.08. The molecule has 1 fully saturated rings. The largest absolute Gasteiger partial charge is 0.398 e. The molecule has 1 aromatic carbocycles. The molecule has 0 amide bonds. The number of hydrogen-bond acceptors (Lipinski definition) is 4. The molecule has 2 aromatic rings. The second-order valence-corrected chi connectivity index (χ2v) is 6.30. The lowest BCUT2D eigenvalue weighted by molar-refractivity contribution is 0.306. The molecule has 21 heavy (non-hydrogen) atoms. The maximum Gasteiger partial charge on any atom is 0.184 e. The summed E-state index contributed by atoms with van der Waals surface area (Å²) in [6.45, 7) is 2.28. The molecule has 0 radical (unpaired) electrons. The van der Waals surface area contributed by atoms with E-state index in [-0.39, 0.29) is 0 Å². The highest BCUT2D eigenvalue weighted by Gasteiger charge is 2.26. The van der Waals surface area contributed by atoms with Crippen LogP contribution in [0.15, 0.2) is 18.2 Å². The lowest BCUT2D eigenvalue weighted by Crippen LogP contribution is -2.19. The van der Waals surface area contributed by atoms with Crippen LogP contribution in [0.25, 0.3) is 11.4 Å². The predicted octanol–water partition coefficient (Wildman–Crippen LogP) is 3.72. The van der Waals surface area contributed by atoms with Gasteiger partial charge in [0.05, 0.1) is 6.04 Å². The van der Waals surface area contributed by atoms with Crippen LogP contribution in [0.2, 0.25) is 5.02 Å². The molecule has 112 valence electrons. The number of nitrogen functional groups attached to an aromatic ring is 1. The zero-order valence-electron chi connectivity index (χ0n) is 12.2. The predicted molar refractivity (Wildman–Crippen MR) is 84.0 cm³/mol. The number of nitrogens with two attached hydrogens (primary N) is 1. The fourth-order valence-electron chi connectivity index (χ4n) is 3.17. The Morgan fingerprint density at radius 2 is 2.05 bits per heavy atom. The monoisotopic (exact) mass is 305 g/mol. The average molecular weight is 306 g/mol. The molecule has 1 aliphatic carbocycles. The van der Waals surface area contributed by atoms with E-state index in [9.17, 15) is 0 Å². The summed E-state index contributed by atoms with van der Waals surface area (Å²) in [7, 11) is 0. The summed E-state index contributed by atoms with van der Waals surface area (Å²) in [5, 5.41) is 12.9. The highest BCUT2D eigenvalue weighted by molar-refractivity contribution is 6.31. The zero-order chi connectivity index (χ0) is 14.8. The van der Waals surface area contributed by atoms with E-state index in [2.05, 4.69) is 22.4 Å². The smallest absolute Gasteiger partial charge is 0.184 e. The topological polar surface area (TPSA) is 69.6 Å². The SMILES string of the molecule is CC1CCCCCC1n1nnnc1-c1ccc(Cl)cc1N. The fourth-order valence-corrected chi connectivity index (χ4v) is 3.35. The first-order valence-corrected chi connectivity index (χ1v) is 7.88. The van der Waals surface area contributed by atoms with E-state index >= 15 is 0 Å². The van der Waals surface area contributed by atoms with Crippen LogP contribution in [-0.4, -0.2) is 20.2 Å². The molecule has 0 aliphatic heterocycles. The van der Waals surface area contributed by atoms with Gasteiger partial charge >= 0.3 is 0 Å². The van der Waals surface area contributed by atoms with Crippen LogP contribution in [0.1, 0.15) is 45.1 Å². The summed E-state index contributed by atoms with van der Waals surface area (Å²) in [4.78, 5) is 0. The van der Waals surface area contributed by atoms with Crippen molar-refractivity contribution in [2.75, 3.05) is 5.73 Å². The molecule has 2 unspecified atom stereocenters. The molecule has 1 aromatic heterocycles. The van der Waals surface area contributed by atoms with Gasteiger partial charge < -0.3 is 5.73 Å². The van der Waals surface area contributed by atoms with Gasteiger partial charge in [-0.05, 0) is 47.4 Å². The second kappa shape index (κ2) is 6.02. The Kier molecular flexibility index (Phi) is 4.10. The van der Waals surface area contributed by atoms with Crippen LogP contribution in [0, 0.1) is 5.92 Å². The first-order chi connectivity index (χ1) is 10.2. The summed E-state index contributed by atoms with van der Waals surface area (Å²) in [5.74, 6) is 1.31. The number of nitrogens with zero attached hydrogens (tertiary/aromatic N) is 4. The zero-order valence-corrected chi connectivity index (χ0v) is 12.9. The lowest BCUT2D eigenvalue weighted by atomic mass is 9.97. The van der Waals surface area contributed by atoms with E-state index < -0.39 is 0 Å². The summed E-state index contributed by atoms with van der Waals surface area (Å²) in [6.07, 6.45) is 6.15. The first kappa shape index (κ1) is 14.3. The molecule has 1 saturated carbocycles. The minimum atomic E-state index is 0.340. The third-order valence-electron chi connectivity index (χ3n) is 4.38. The van der Waals surface area contributed by atoms with Gasteiger partial charge in [-0.1, -0.05) is 37.8 Å². The minimum Gasteiger partial charge on any atom is -0.398 e. The van der Waals surface area contributed by atoms with Crippen LogP contribution < -0.4 is 5.73 Å². The number of rotatable bonds is 2. The Hall–Kier alpha value is -1.62. The Morgan fingerprint density at radius 1 is 1.24 bits per heavy atom. The molecule has 1 aliphatic rings. The number of anilines is 1. The third kappa shape index (κ3) is 2.88. The van der Waals surface area contributed by atoms with Crippen LogP contribution in [0.4, 0.5) is 5.69 Å². The molecule has 2 atom stereocenters. The average Bonchev–Trinajstić information content (AvgIpc) is 2.81. The van der Waals surface area contributed by atoms with Crippen molar-refractivity contribution in [2.24, 2.45) is 5.92 Å². The highest BCUT2D eigenvalue weighted by Crippen LogP contribution is 2.35. The number of benzene rings is 1. The normalized spacial score (nSPS) is 23.0. The van der Waals surface area contributed by atoms with E-state index in [1.54, 1.807) is 6.07 Å². The standard InChI is InChI=1S/C15H20ClN5/c1-10-5-3-2-4-6-14(10)21-15(18-19-20-21)12-8-7-11(16)9-13(12)17/h7-10,14H,2-6,17H2,1H3. The highest BCUT2D eigenvalue weighted by atomic mass is 35.5. The van der Waals surface area contributed by atoms with E-state index in [4.69, 9.17) is 17.3 Å². The lowest BCUT2D eigenvalue weighted by Gasteiger charge is -2.22. The van der Waals surface area contributed by atoms with Gasteiger partial charge in [0.2, 0.25) is 0 Å². The number of aromatic nitrogens is 4. The number of halogens is 1. The van der Waals surface area contributed by atoms with Crippen molar-refractivity contribution in [3.05, 3.63) is 23.2 Å². The Balaban J connectivity index is 2.00. The van der Waals surface area contributed by atoms with E-state index in [1.807, 2.05) is 16.8 Å². The molecular formula is C15H20ClN5. The van der Waals surface area contributed by atoms with Crippen molar-refractivity contribution < 1.29 is 0 Å². The molecule has 5 nitrogen and oxygen atoms in total. The Labute approximate surface area is 129 Å². The Morgan fingerprint density at radius 3 is 2.86 bits per heavy atom. The number of tetrazole rings is 1. The van der Waals surface area contributed by atoms with Gasteiger partial charge in [-0.2, -0.15) is 0 Å². The second-order valence-electron chi connectivity index (χ2n) is 5.86. The molecule has 1 heterocycles. The van der Waals surface area contributed by atoms with Gasteiger partial charge in [-0.3, -0.25) is 0 Å². The fraction of sp³-hybridized carbons (Fsp3) is 0.533. The first-order valence-electron chi connectivity index (χ1n) is 7.50. The van der Waals surface area contributed by atoms with E-state index in [0.717, 1.165) is 17.8 Å². The number of hydrogen-bond donors (Lipinski definition) is 1.